The first-order chi connectivity index (χ1) is 8.41. The maximum atomic E-state index is 11.6. The summed E-state index contributed by atoms with van der Waals surface area (Å²) in [5, 5.41) is 11.8. The number of aromatic carboxylic acids is 1. The molecule has 0 aliphatic heterocycles. The number of carbonyl (C=O) groups is 2. The summed E-state index contributed by atoms with van der Waals surface area (Å²) in [5.74, 6) is -1.13. The van der Waals surface area contributed by atoms with E-state index in [0.29, 0.717) is 5.69 Å². The number of likely N-dealkylation sites (N-methyl/N-ethyl adjacent to an activating group) is 1. The Hall–Kier alpha value is -2.04. The van der Waals surface area contributed by atoms with Gasteiger partial charge in [0.15, 0.2) is 0 Å². The van der Waals surface area contributed by atoms with Gasteiger partial charge >= 0.3 is 5.97 Å². The molecule has 5 heteroatoms. The van der Waals surface area contributed by atoms with Crippen LogP contribution >= 0.6 is 0 Å². The molecule has 0 spiro atoms. The number of hydrogen-bond donors (Lipinski definition) is 2. The molecule has 0 heterocycles. The third-order valence-electron chi connectivity index (χ3n) is 2.38. The number of carbonyl (C=O) groups excluding carboxylic acids is 1. The van der Waals surface area contributed by atoms with Crippen LogP contribution in [0.2, 0.25) is 0 Å². The summed E-state index contributed by atoms with van der Waals surface area (Å²) >= 11 is 0. The lowest BCUT2D eigenvalue weighted by atomic mass is 10.1. The van der Waals surface area contributed by atoms with Crippen LogP contribution in [0.15, 0.2) is 24.3 Å². The Labute approximate surface area is 106 Å². The van der Waals surface area contributed by atoms with Gasteiger partial charge in [0.05, 0.1) is 17.8 Å². The van der Waals surface area contributed by atoms with Crippen LogP contribution < -0.4 is 10.2 Å². The minimum Gasteiger partial charge on any atom is -0.478 e. The Balaban J connectivity index is 2.81. The molecule has 0 bridgehead atoms. The van der Waals surface area contributed by atoms with Crippen molar-refractivity contribution in [1.29, 1.82) is 0 Å². The highest BCUT2D eigenvalue weighted by Crippen LogP contribution is 2.18. The van der Waals surface area contributed by atoms with E-state index in [1.165, 1.54) is 6.07 Å². The molecule has 0 fully saturated rings. The predicted molar refractivity (Wildman–Crippen MR) is 70.0 cm³/mol. The van der Waals surface area contributed by atoms with E-state index in [2.05, 4.69) is 5.32 Å². The maximum absolute atomic E-state index is 11.6. The normalized spacial score (nSPS) is 10.2. The van der Waals surface area contributed by atoms with Crippen molar-refractivity contribution in [3.8, 4) is 0 Å². The lowest BCUT2D eigenvalue weighted by Gasteiger charge is -2.21. The minimum absolute atomic E-state index is 0.0700. The molecule has 2 N–H and O–H groups in total. The fraction of sp³-hybridized carbons (Fsp3) is 0.385. The van der Waals surface area contributed by atoms with E-state index in [-0.39, 0.29) is 24.1 Å². The molecule has 0 aromatic heterocycles. The molecule has 0 radical (unpaired) electrons. The van der Waals surface area contributed by atoms with Gasteiger partial charge in [-0.1, -0.05) is 12.1 Å². The van der Waals surface area contributed by atoms with Gasteiger partial charge in [0.1, 0.15) is 0 Å². The summed E-state index contributed by atoms with van der Waals surface area (Å²) in [6, 6.07) is 6.69. The number of nitrogens with zero attached hydrogens (tertiary/aromatic N) is 1. The number of para-hydroxylation sites is 1. The van der Waals surface area contributed by atoms with Gasteiger partial charge < -0.3 is 15.3 Å². The Morgan fingerprint density at radius 2 is 1.94 bits per heavy atom. The van der Waals surface area contributed by atoms with E-state index >= 15 is 0 Å². The number of carboxylic acid groups (broad SMARTS) is 1. The van der Waals surface area contributed by atoms with E-state index in [4.69, 9.17) is 5.11 Å². The van der Waals surface area contributed by atoms with Crippen molar-refractivity contribution in [3.63, 3.8) is 0 Å². The molecule has 5 nitrogen and oxygen atoms in total. The standard InChI is InChI=1S/C13H18N2O3/c1-9(2)14-12(16)8-15(3)11-7-5-4-6-10(11)13(17)18/h4-7,9H,8H2,1-3H3,(H,14,16)(H,17,18). The third kappa shape index (κ3) is 3.76. The van der Waals surface area contributed by atoms with Crippen molar-refractivity contribution in [2.45, 2.75) is 19.9 Å². The highest BCUT2D eigenvalue weighted by Gasteiger charge is 2.15. The average Bonchev–Trinajstić information content (AvgIpc) is 2.27. The number of hydrogen-bond acceptors (Lipinski definition) is 3. The minimum atomic E-state index is -0.998. The molecular weight excluding hydrogens is 232 g/mol. The molecule has 1 aromatic rings. The molecule has 0 unspecified atom stereocenters. The van der Waals surface area contributed by atoms with Gasteiger partial charge in [0.25, 0.3) is 0 Å². The van der Waals surface area contributed by atoms with Crippen molar-refractivity contribution < 1.29 is 14.7 Å². The summed E-state index contributed by atoms with van der Waals surface area (Å²) in [4.78, 5) is 24.3. The monoisotopic (exact) mass is 250 g/mol. The van der Waals surface area contributed by atoms with Crippen LogP contribution in [0, 0.1) is 0 Å². The first-order valence-corrected chi connectivity index (χ1v) is 5.74. The molecule has 98 valence electrons. The second-order valence-electron chi connectivity index (χ2n) is 4.40. The smallest absolute Gasteiger partial charge is 0.337 e. The second-order valence-corrected chi connectivity index (χ2v) is 4.40. The quantitative estimate of drug-likeness (QED) is 0.827. The Kier molecular flexibility index (Phi) is 4.71. The van der Waals surface area contributed by atoms with E-state index in [1.807, 2.05) is 13.8 Å². The van der Waals surface area contributed by atoms with Crippen molar-refractivity contribution >= 4 is 17.6 Å². The zero-order chi connectivity index (χ0) is 13.7. The lowest BCUT2D eigenvalue weighted by Crippen LogP contribution is -2.39. The molecule has 0 atom stereocenters. The molecule has 1 aromatic carbocycles. The number of rotatable bonds is 5. The van der Waals surface area contributed by atoms with Crippen LogP contribution in [0.5, 0.6) is 0 Å². The number of amides is 1. The summed E-state index contributed by atoms with van der Waals surface area (Å²) in [6.45, 7) is 3.88. The van der Waals surface area contributed by atoms with E-state index in [9.17, 15) is 9.59 Å². The summed E-state index contributed by atoms with van der Waals surface area (Å²) in [5.41, 5.74) is 0.723. The van der Waals surface area contributed by atoms with Crippen LogP contribution in [0.1, 0.15) is 24.2 Å². The molecule has 1 amide bonds. The highest BCUT2D eigenvalue weighted by molar-refractivity contribution is 5.95. The van der Waals surface area contributed by atoms with Crippen LogP contribution in [0.3, 0.4) is 0 Å². The van der Waals surface area contributed by atoms with Gasteiger partial charge in [0, 0.05) is 13.1 Å². The first kappa shape index (κ1) is 14.0. The topological polar surface area (TPSA) is 69.6 Å². The summed E-state index contributed by atoms with van der Waals surface area (Å²) in [6.07, 6.45) is 0. The van der Waals surface area contributed by atoms with E-state index < -0.39 is 5.97 Å². The van der Waals surface area contributed by atoms with Gasteiger partial charge in [0.2, 0.25) is 5.91 Å². The predicted octanol–water partition coefficient (Wildman–Crippen LogP) is 1.35. The summed E-state index contributed by atoms with van der Waals surface area (Å²) < 4.78 is 0. The van der Waals surface area contributed by atoms with E-state index in [0.717, 1.165) is 0 Å². The molecule has 0 saturated heterocycles. The zero-order valence-corrected chi connectivity index (χ0v) is 10.8. The fourth-order valence-corrected chi connectivity index (χ4v) is 1.66. The van der Waals surface area contributed by atoms with Crippen molar-refractivity contribution in [3.05, 3.63) is 29.8 Å². The van der Waals surface area contributed by atoms with Crippen LogP contribution in [0.4, 0.5) is 5.69 Å². The van der Waals surface area contributed by atoms with Gasteiger partial charge in [-0.25, -0.2) is 4.79 Å². The Morgan fingerprint density at radius 3 is 2.50 bits per heavy atom. The zero-order valence-electron chi connectivity index (χ0n) is 10.8. The Morgan fingerprint density at radius 1 is 1.33 bits per heavy atom. The maximum Gasteiger partial charge on any atom is 0.337 e. The molecule has 1 rings (SSSR count). The number of carboxylic acids is 1. The van der Waals surface area contributed by atoms with Gasteiger partial charge in [-0.2, -0.15) is 0 Å². The lowest BCUT2D eigenvalue weighted by molar-refractivity contribution is -0.120. The first-order valence-electron chi connectivity index (χ1n) is 5.74. The highest BCUT2D eigenvalue weighted by atomic mass is 16.4. The van der Waals surface area contributed by atoms with Gasteiger partial charge in [-0.15, -0.1) is 0 Å². The number of nitrogens with one attached hydrogen (secondary N) is 1. The fourth-order valence-electron chi connectivity index (χ4n) is 1.66. The average molecular weight is 250 g/mol. The second kappa shape index (κ2) is 6.05. The van der Waals surface area contributed by atoms with E-state index in [1.54, 1.807) is 30.1 Å². The van der Waals surface area contributed by atoms with Gasteiger partial charge in [-0.3, -0.25) is 4.79 Å². The Bertz CT molecular complexity index is 444. The molecular formula is C13H18N2O3. The van der Waals surface area contributed by atoms with Gasteiger partial charge in [-0.05, 0) is 26.0 Å². The molecule has 0 saturated carbocycles. The van der Waals surface area contributed by atoms with Crippen molar-refractivity contribution in [1.82, 2.24) is 5.32 Å². The van der Waals surface area contributed by atoms with Crippen LogP contribution in [-0.2, 0) is 4.79 Å². The molecule has 0 aliphatic carbocycles. The largest absolute Gasteiger partial charge is 0.478 e. The number of benzene rings is 1. The third-order valence-corrected chi connectivity index (χ3v) is 2.38. The molecule has 18 heavy (non-hydrogen) atoms. The van der Waals surface area contributed by atoms with Crippen LogP contribution in [0.25, 0.3) is 0 Å². The number of anilines is 1. The SMILES string of the molecule is CC(C)NC(=O)CN(C)c1ccccc1C(=O)O. The summed E-state index contributed by atoms with van der Waals surface area (Å²) in [7, 11) is 1.70. The van der Waals surface area contributed by atoms with Crippen molar-refractivity contribution in [2.24, 2.45) is 0 Å². The van der Waals surface area contributed by atoms with Crippen molar-refractivity contribution in [2.75, 3.05) is 18.5 Å². The molecule has 0 aliphatic rings. The van der Waals surface area contributed by atoms with Crippen LogP contribution in [-0.4, -0.2) is 36.6 Å².